The van der Waals surface area contributed by atoms with E-state index in [4.69, 9.17) is 0 Å². The maximum Gasteiger partial charge on any atom is 0.0613 e. The van der Waals surface area contributed by atoms with Crippen molar-refractivity contribution in [2.45, 2.75) is 71.8 Å². The highest BCUT2D eigenvalue weighted by Crippen LogP contribution is 2.17. The summed E-state index contributed by atoms with van der Waals surface area (Å²) in [6.45, 7) is 10.1. The molecule has 0 spiro atoms. The van der Waals surface area contributed by atoms with Crippen molar-refractivity contribution in [1.29, 1.82) is 0 Å². The summed E-state index contributed by atoms with van der Waals surface area (Å²) >= 11 is 0. The van der Waals surface area contributed by atoms with Crippen LogP contribution in [-0.4, -0.2) is 23.8 Å². The first kappa shape index (κ1) is 15.9. The fourth-order valence-corrected chi connectivity index (χ4v) is 2.08. The first-order valence-electron chi connectivity index (χ1n) is 7.03. The third kappa shape index (κ3) is 5.31. The lowest BCUT2D eigenvalue weighted by molar-refractivity contribution is 0.144. The molecule has 2 N–H and O–H groups in total. The molecule has 0 amide bonds. The van der Waals surface area contributed by atoms with Crippen molar-refractivity contribution in [2.75, 3.05) is 13.2 Å². The molecule has 98 valence electrons. The Hall–Kier alpha value is -0.0800. The number of aliphatic hydroxyl groups excluding tert-OH is 1. The average Bonchev–Trinajstić information content (AvgIpc) is 2.35. The van der Waals surface area contributed by atoms with E-state index in [0.717, 1.165) is 25.3 Å². The molecule has 0 aliphatic carbocycles. The van der Waals surface area contributed by atoms with Gasteiger partial charge in [-0.15, -0.1) is 0 Å². The third-order valence-corrected chi connectivity index (χ3v) is 3.97. The Kier molecular flexibility index (Phi) is 8.96. The predicted octanol–water partition coefficient (Wildman–Crippen LogP) is 3.34. The molecule has 0 heterocycles. The van der Waals surface area contributed by atoms with Crippen LogP contribution in [0.25, 0.3) is 0 Å². The van der Waals surface area contributed by atoms with Crippen molar-refractivity contribution >= 4 is 0 Å². The van der Waals surface area contributed by atoms with Crippen molar-refractivity contribution in [2.24, 2.45) is 5.92 Å². The molecule has 0 aliphatic rings. The molecule has 0 aliphatic heterocycles. The van der Waals surface area contributed by atoms with Crippen LogP contribution in [0.15, 0.2) is 0 Å². The third-order valence-electron chi connectivity index (χ3n) is 3.97. The van der Waals surface area contributed by atoms with Gasteiger partial charge in [0.2, 0.25) is 0 Å². The number of nitrogens with one attached hydrogen (secondary N) is 1. The molecule has 0 saturated carbocycles. The fourth-order valence-electron chi connectivity index (χ4n) is 2.08. The van der Waals surface area contributed by atoms with Crippen molar-refractivity contribution in [3.8, 4) is 0 Å². The number of aliphatic hydroxyl groups is 1. The maximum atomic E-state index is 9.48. The molecule has 16 heavy (non-hydrogen) atoms. The van der Waals surface area contributed by atoms with Crippen LogP contribution in [0.5, 0.6) is 0 Å². The van der Waals surface area contributed by atoms with Gasteiger partial charge in [-0.2, -0.15) is 0 Å². The summed E-state index contributed by atoms with van der Waals surface area (Å²) in [5.74, 6) is 0.768. The summed E-state index contributed by atoms with van der Waals surface area (Å²) in [6, 6.07) is 0. The van der Waals surface area contributed by atoms with Gasteiger partial charge in [-0.25, -0.2) is 0 Å². The van der Waals surface area contributed by atoms with Gasteiger partial charge in [0.25, 0.3) is 0 Å². The SMILES string of the molecule is CCCCC(CC)CNC(CC)(CC)CO. The zero-order valence-electron chi connectivity index (χ0n) is 11.7. The number of hydrogen-bond donors (Lipinski definition) is 2. The van der Waals surface area contributed by atoms with Gasteiger partial charge in [-0.3, -0.25) is 0 Å². The van der Waals surface area contributed by atoms with E-state index in [1.54, 1.807) is 0 Å². The van der Waals surface area contributed by atoms with E-state index < -0.39 is 0 Å². The Morgan fingerprint density at radius 3 is 2.12 bits per heavy atom. The van der Waals surface area contributed by atoms with E-state index in [1.165, 1.54) is 25.7 Å². The standard InChI is InChI=1S/C14H31NO/c1-5-9-10-13(6-2)11-15-14(7-3,8-4)12-16/h13,15-16H,5-12H2,1-4H3. The quantitative estimate of drug-likeness (QED) is 0.602. The lowest BCUT2D eigenvalue weighted by Crippen LogP contribution is -2.49. The Bertz CT molecular complexity index is 147. The number of rotatable bonds is 10. The monoisotopic (exact) mass is 229 g/mol. The van der Waals surface area contributed by atoms with Gasteiger partial charge in [0.15, 0.2) is 0 Å². The molecule has 0 rings (SSSR count). The van der Waals surface area contributed by atoms with Crippen LogP contribution in [0.3, 0.4) is 0 Å². The minimum absolute atomic E-state index is 0.0420. The highest BCUT2D eigenvalue weighted by molar-refractivity contribution is 4.85. The van der Waals surface area contributed by atoms with E-state index in [1.807, 2.05) is 0 Å². The lowest BCUT2D eigenvalue weighted by atomic mass is 9.91. The van der Waals surface area contributed by atoms with Gasteiger partial charge >= 0.3 is 0 Å². The molecule has 0 fully saturated rings. The molecular weight excluding hydrogens is 198 g/mol. The number of unbranched alkanes of at least 4 members (excludes halogenated alkanes) is 1. The summed E-state index contributed by atoms with van der Waals surface area (Å²) in [7, 11) is 0. The van der Waals surface area contributed by atoms with Gasteiger partial charge in [-0.05, 0) is 31.7 Å². The predicted molar refractivity (Wildman–Crippen MR) is 71.7 cm³/mol. The van der Waals surface area contributed by atoms with E-state index in [9.17, 15) is 5.11 Å². The zero-order valence-corrected chi connectivity index (χ0v) is 11.7. The van der Waals surface area contributed by atoms with Gasteiger partial charge in [0, 0.05) is 5.54 Å². The fraction of sp³-hybridized carbons (Fsp3) is 1.00. The van der Waals surface area contributed by atoms with Crippen molar-refractivity contribution in [3.63, 3.8) is 0 Å². The van der Waals surface area contributed by atoms with Gasteiger partial charge in [0.05, 0.1) is 6.61 Å². The first-order chi connectivity index (χ1) is 7.67. The van der Waals surface area contributed by atoms with Crippen LogP contribution >= 0.6 is 0 Å². The lowest BCUT2D eigenvalue weighted by Gasteiger charge is -2.32. The van der Waals surface area contributed by atoms with Crippen LogP contribution in [0, 0.1) is 5.92 Å². The Balaban J connectivity index is 4.05. The van der Waals surface area contributed by atoms with Crippen LogP contribution in [0.2, 0.25) is 0 Å². The van der Waals surface area contributed by atoms with Crippen LogP contribution in [-0.2, 0) is 0 Å². The average molecular weight is 229 g/mol. The second kappa shape index (κ2) is 9.00. The summed E-state index contributed by atoms with van der Waals surface area (Å²) in [4.78, 5) is 0. The van der Waals surface area contributed by atoms with Gasteiger partial charge < -0.3 is 10.4 Å². The second-order valence-electron chi connectivity index (χ2n) is 4.94. The Morgan fingerprint density at radius 1 is 1.12 bits per heavy atom. The molecule has 1 unspecified atom stereocenters. The van der Waals surface area contributed by atoms with Crippen LogP contribution < -0.4 is 5.32 Å². The summed E-state index contributed by atoms with van der Waals surface area (Å²) in [5.41, 5.74) is -0.0420. The van der Waals surface area contributed by atoms with E-state index >= 15 is 0 Å². The van der Waals surface area contributed by atoms with E-state index in [-0.39, 0.29) is 12.1 Å². The summed E-state index contributed by atoms with van der Waals surface area (Å²) in [5, 5.41) is 13.1. The summed E-state index contributed by atoms with van der Waals surface area (Å²) < 4.78 is 0. The second-order valence-corrected chi connectivity index (χ2v) is 4.94. The van der Waals surface area contributed by atoms with Gasteiger partial charge in [0.1, 0.15) is 0 Å². The van der Waals surface area contributed by atoms with E-state index in [0.29, 0.717) is 0 Å². The topological polar surface area (TPSA) is 32.3 Å². The Morgan fingerprint density at radius 2 is 1.75 bits per heavy atom. The first-order valence-corrected chi connectivity index (χ1v) is 7.03. The molecule has 0 aromatic heterocycles. The van der Waals surface area contributed by atoms with Crippen molar-refractivity contribution in [1.82, 2.24) is 5.32 Å². The minimum atomic E-state index is -0.0420. The minimum Gasteiger partial charge on any atom is -0.394 e. The zero-order chi connectivity index (χ0) is 12.4. The molecule has 0 aromatic rings. The molecule has 2 heteroatoms. The largest absolute Gasteiger partial charge is 0.394 e. The normalized spacial score (nSPS) is 14.1. The Labute approximate surface area is 102 Å². The highest BCUT2D eigenvalue weighted by Gasteiger charge is 2.24. The van der Waals surface area contributed by atoms with E-state index in [2.05, 4.69) is 33.0 Å². The van der Waals surface area contributed by atoms with Crippen LogP contribution in [0.4, 0.5) is 0 Å². The molecular formula is C14H31NO. The van der Waals surface area contributed by atoms with Crippen LogP contribution in [0.1, 0.15) is 66.2 Å². The maximum absolute atomic E-state index is 9.48. The van der Waals surface area contributed by atoms with Gasteiger partial charge in [-0.1, -0.05) is 47.0 Å². The summed E-state index contributed by atoms with van der Waals surface area (Å²) in [6.07, 6.45) is 7.17. The van der Waals surface area contributed by atoms with Crippen molar-refractivity contribution in [3.05, 3.63) is 0 Å². The molecule has 0 saturated heterocycles. The smallest absolute Gasteiger partial charge is 0.0613 e. The number of hydrogen-bond acceptors (Lipinski definition) is 2. The molecule has 0 radical (unpaired) electrons. The highest BCUT2D eigenvalue weighted by atomic mass is 16.3. The van der Waals surface area contributed by atoms with Crippen molar-refractivity contribution < 1.29 is 5.11 Å². The molecule has 1 atom stereocenters. The molecule has 0 bridgehead atoms. The molecule has 2 nitrogen and oxygen atoms in total. The molecule has 0 aromatic carbocycles.